The average molecular weight is 535 g/mol. The van der Waals surface area contributed by atoms with Gasteiger partial charge >= 0.3 is 7.12 Å². The van der Waals surface area contributed by atoms with E-state index in [1.54, 1.807) is 0 Å². The minimum Gasteiger partial charge on any atom is -0.399 e. The van der Waals surface area contributed by atoms with Gasteiger partial charge in [-0.3, -0.25) is 0 Å². The lowest BCUT2D eigenvalue weighted by Crippen LogP contribution is -2.41. The van der Waals surface area contributed by atoms with Crippen LogP contribution in [0, 0.1) is 0 Å². The summed E-state index contributed by atoms with van der Waals surface area (Å²) in [6, 6.07) is 43.5. The molecule has 0 unspecified atom stereocenters. The van der Waals surface area contributed by atoms with Gasteiger partial charge in [0.05, 0.1) is 16.6 Å². The number of hydrogen-bond donors (Lipinski definition) is 1. The van der Waals surface area contributed by atoms with E-state index in [-0.39, 0.29) is 0 Å². The maximum absolute atomic E-state index is 6.91. The summed E-state index contributed by atoms with van der Waals surface area (Å²) in [7, 11) is -0.521. The van der Waals surface area contributed by atoms with Crippen LogP contribution >= 0.6 is 0 Å². The van der Waals surface area contributed by atoms with Gasteiger partial charge in [-0.2, -0.15) is 0 Å². The number of nitrogen functional groups attached to an aromatic ring is 1. The quantitative estimate of drug-likeness (QED) is 0.187. The molecule has 0 spiro atoms. The fourth-order valence-electron chi connectivity index (χ4n) is 6.64. The third-order valence-electron chi connectivity index (χ3n) is 9.41. The number of fused-ring (bicyclic) bond motifs is 3. The first kappa shape index (κ1) is 25.8. The Morgan fingerprint density at radius 1 is 0.537 bits per heavy atom. The van der Waals surface area contributed by atoms with Gasteiger partial charge in [0, 0.05) is 16.7 Å². The molecular formula is C37H34BNO2. The van der Waals surface area contributed by atoms with Crippen molar-refractivity contribution < 1.29 is 9.31 Å². The van der Waals surface area contributed by atoms with Crippen LogP contribution in [0.1, 0.15) is 49.9 Å². The standard InChI is InChI=1S/C37H34BNO2/c1-35(2)36(3,4)41-38(40-35)33-23-13-20-28(34(33)39)25-14-12-17-27(24-25)37(26-15-6-5-7-16-26)31-21-10-8-18-29(31)30-19-9-11-22-32(30)37/h5-24H,39H2,1-4H3. The lowest BCUT2D eigenvalue weighted by molar-refractivity contribution is 0.00578. The number of para-hydroxylation sites is 1. The van der Waals surface area contributed by atoms with Gasteiger partial charge in [0.15, 0.2) is 0 Å². The predicted octanol–water partition coefficient (Wildman–Crippen LogP) is 7.60. The van der Waals surface area contributed by atoms with Crippen molar-refractivity contribution in [3.63, 3.8) is 0 Å². The van der Waals surface area contributed by atoms with Crippen LogP contribution in [-0.2, 0) is 14.7 Å². The summed E-state index contributed by atoms with van der Waals surface area (Å²) < 4.78 is 12.8. The second kappa shape index (κ2) is 9.20. The molecule has 0 radical (unpaired) electrons. The summed E-state index contributed by atoms with van der Waals surface area (Å²) in [5.41, 5.74) is 16.8. The minimum absolute atomic E-state index is 0.439. The van der Waals surface area contributed by atoms with Gasteiger partial charge in [-0.1, -0.05) is 115 Å². The molecule has 41 heavy (non-hydrogen) atoms. The number of rotatable bonds is 4. The number of benzene rings is 5. The summed E-state index contributed by atoms with van der Waals surface area (Å²) in [4.78, 5) is 0. The first-order valence-corrected chi connectivity index (χ1v) is 14.3. The molecule has 0 saturated carbocycles. The Hall–Kier alpha value is -4.12. The summed E-state index contributed by atoms with van der Waals surface area (Å²) in [6.07, 6.45) is 0. The van der Waals surface area contributed by atoms with Gasteiger partial charge in [0.2, 0.25) is 0 Å². The molecule has 3 nitrogen and oxygen atoms in total. The Bertz CT molecular complexity index is 1710. The average Bonchev–Trinajstić information content (AvgIpc) is 3.40. The van der Waals surface area contributed by atoms with E-state index in [1.807, 2.05) is 12.1 Å². The fourth-order valence-corrected chi connectivity index (χ4v) is 6.64. The highest BCUT2D eigenvalue weighted by molar-refractivity contribution is 6.64. The maximum Gasteiger partial charge on any atom is 0.496 e. The van der Waals surface area contributed by atoms with Crippen molar-refractivity contribution in [2.24, 2.45) is 0 Å². The molecule has 1 heterocycles. The zero-order valence-electron chi connectivity index (χ0n) is 24.0. The first-order valence-electron chi connectivity index (χ1n) is 14.3. The van der Waals surface area contributed by atoms with Crippen LogP contribution in [0.4, 0.5) is 5.69 Å². The van der Waals surface area contributed by atoms with Gasteiger partial charge in [-0.15, -0.1) is 0 Å². The van der Waals surface area contributed by atoms with Gasteiger partial charge in [0.25, 0.3) is 0 Å². The van der Waals surface area contributed by atoms with Gasteiger partial charge in [0.1, 0.15) is 0 Å². The third-order valence-corrected chi connectivity index (χ3v) is 9.41. The highest BCUT2D eigenvalue weighted by Crippen LogP contribution is 2.56. The van der Waals surface area contributed by atoms with Crippen LogP contribution in [0.25, 0.3) is 22.3 Å². The van der Waals surface area contributed by atoms with Crippen molar-refractivity contribution >= 4 is 18.3 Å². The van der Waals surface area contributed by atoms with E-state index in [0.717, 1.165) is 16.6 Å². The molecule has 4 heteroatoms. The van der Waals surface area contributed by atoms with Crippen LogP contribution in [0.15, 0.2) is 121 Å². The molecule has 202 valence electrons. The zero-order chi connectivity index (χ0) is 28.4. The second-order valence-corrected chi connectivity index (χ2v) is 12.2. The highest BCUT2D eigenvalue weighted by atomic mass is 16.7. The van der Waals surface area contributed by atoms with E-state index in [4.69, 9.17) is 15.0 Å². The molecule has 7 rings (SSSR count). The predicted molar refractivity (Wildman–Crippen MR) is 169 cm³/mol. The zero-order valence-corrected chi connectivity index (χ0v) is 24.0. The molecule has 5 aromatic rings. The largest absolute Gasteiger partial charge is 0.496 e. The molecule has 2 aliphatic rings. The van der Waals surface area contributed by atoms with E-state index in [0.29, 0.717) is 5.69 Å². The topological polar surface area (TPSA) is 44.5 Å². The highest BCUT2D eigenvalue weighted by Gasteiger charge is 2.52. The second-order valence-electron chi connectivity index (χ2n) is 12.2. The van der Waals surface area contributed by atoms with Crippen molar-refractivity contribution in [2.75, 3.05) is 5.73 Å². The lowest BCUT2D eigenvalue weighted by Gasteiger charge is -2.34. The van der Waals surface area contributed by atoms with Gasteiger partial charge < -0.3 is 15.0 Å². The Morgan fingerprint density at radius 2 is 1.05 bits per heavy atom. The van der Waals surface area contributed by atoms with Crippen molar-refractivity contribution in [1.29, 1.82) is 0 Å². The Labute approximate surface area is 243 Å². The van der Waals surface area contributed by atoms with Gasteiger partial charge in [-0.05, 0) is 72.7 Å². The summed E-state index contributed by atoms with van der Waals surface area (Å²) >= 11 is 0. The van der Waals surface area contributed by atoms with Gasteiger partial charge in [-0.25, -0.2) is 0 Å². The lowest BCUT2D eigenvalue weighted by atomic mass is 9.67. The first-order chi connectivity index (χ1) is 19.7. The van der Waals surface area contributed by atoms with E-state index in [9.17, 15) is 0 Å². The number of hydrogen-bond acceptors (Lipinski definition) is 3. The molecule has 0 amide bonds. The summed E-state index contributed by atoms with van der Waals surface area (Å²) in [5.74, 6) is 0. The molecule has 0 bridgehead atoms. The number of anilines is 1. The third kappa shape index (κ3) is 3.75. The van der Waals surface area contributed by atoms with Crippen LogP contribution in [0.2, 0.25) is 0 Å². The normalized spacial score (nSPS) is 17.7. The number of nitrogens with two attached hydrogens (primary N) is 1. The summed E-state index contributed by atoms with van der Waals surface area (Å²) in [5, 5.41) is 0. The van der Waals surface area contributed by atoms with E-state index in [1.165, 1.54) is 33.4 Å². The van der Waals surface area contributed by atoms with Crippen molar-refractivity contribution in [3.05, 3.63) is 144 Å². The van der Waals surface area contributed by atoms with Crippen molar-refractivity contribution in [3.8, 4) is 22.3 Å². The summed E-state index contributed by atoms with van der Waals surface area (Å²) in [6.45, 7) is 8.27. The monoisotopic (exact) mass is 535 g/mol. The molecular weight excluding hydrogens is 501 g/mol. The SMILES string of the molecule is CC1(C)OB(c2cccc(-c3cccc(C4(c5ccccc5)c5ccccc5-c5ccccc54)c3)c2N)OC1(C)C. The maximum atomic E-state index is 6.91. The van der Waals surface area contributed by atoms with E-state index >= 15 is 0 Å². The van der Waals surface area contributed by atoms with Crippen LogP contribution in [0.3, 0.4) is 0 Å². The Kier molecular flexibility index (Phi) is 5.80. The molecule has 0 aromatic heterocycles. The smallest absolute Gasteiger partial charge is 0.399 e. The van der Waals surface area contributed by atoms with Crippen molar-refractivity contribution in [1.82, 2.24) is 0 Å². The van der Waals surface area contributed by atoms with Crippen LogP contribution in [-0.4, -0.2) is 18.3 Å². The molecule has 1 aliphatic carbocycles. The molecule has 1 saturated heterocycles. The Morgan fingerprint density at radius 3 is 1.68 bits per heavy atom. The van der Waals surface area contributed by atoms with Crippen LogP contribution in [0.5, 0.6) is 0 Å². The molecule has 2 N–H and O–H groups in total. The van der Waals surface area contributed by atoms with E-state index in [2.05, 4.69) is 137 Å². The molecule has 1 aliphatic heterocycles. The van der Waals surface area contributed by atoms with E-state index < -0.39 is 23.7 Å². The van der Waals surface area contributed by atoms with Crippen molar-refractivity contribution in [2.45, 2.75) is 44.3 Å². The fraction of sp³-hybridized carbons (Fsp3) is 0.189. The molecule has 5 aromatic carbocycles. The Balaban J connectivity index is 1.42. The molecule has 1 fully saturated rings. The minimum atomic E-state index is -0.521. The molecule has 0 atom stereocenters. The van der Waals surface area contributed by atoms with Crippen LogP contribution < -0.4 is 11.2 Å².